The Morgan fingerprint density at radius 1 is 1.14 bits per heavy atom. The maximum atomic E-state index is 13.2. The Morgan fingerprint density at radius 3 is 2.94 bits per heavy atom. The summed E-state index contributed by atoms with van der Waals surface area (Å²) in [6.45, 7) is 3.66. The van der Waals surface area contributed by atoms with E-state index in [4.69, 9.17) is 24.2 Å². The first-order chi connectivity index (χ1) is 17.7. The molecule has 1 fully saturated rings. The monoisotopic (exact) mass is 485 g/mol. The molecule has 36 heavy (non-hydrogen) atoms. The summed E-state index contributed by atoms with van der Waals surface area (Å²) in [7, 11) is 1.59. The van der Waals surface area contributed by atoms with E-state index in [1.54, 1.807) is 11.8 Å². The molecule has 5 heterocycles. The number of hydrogen-bond donors (Lipinski definition) is 1. The number of aromatic amines is 1. The number of rotatable bonds is 2. The first kappa shape index (κ1) is 21.6. The summed E-state index contributed by atoms with van der Waals surface area (Å²) in [4.78, 5) is 25.4. The molecule has 0 radical (unpaired) electrons. The maximum absolute atomic E-state index is 13.2. The van der Waals surface area contributed by atoms with E-state index in [1.165, 1.54) is 0 Å². The smallest absolute Gasteiger partial charge is 0.274 e. The molecule has 184 valence electrons. The highest BCUT2D eigenvalue weighted by atomic mass is 16.5. The van der Waals surface area contributed by atoms with Gasteiger partial charge in [-0.2, -0.15) is 0 Å². The fourth-order valence-electron chi connectivity index (χ4n) is 5.54. The van der Waals surface area contributed by atoms with Gasteiger partial charge < -0.3 is 14.2 Å². The summed E-state index contributed by atoms with van der Waals surface area (Å²) < 4.78 is 20.0. The molecular weight excluding hydrogens is 458 g/mol. The minimum absolute atomic E-state index is 0.0322. The predicted octanol–water partition coefficient (Wildman–Crippen LogP) is 3.43. The lowest BCUT2D eigenvalue weighted by molar-refractivity contribution is 0.0675. The number of nitrogens with one attached hydrogen (secondary N) is 1. The summed E-state index contributed by atoms with van der Waals surface area (Å²) >= 11 is 0. The fraction of sp³-hybridized carbons (Fsp3) is 0.370. The number of aromatic nitrogens is 4. The maximum Gasteiger partial charge on any atom is 0.274 e. The lowest BCUT2D eigenvalue weighted by Crippen LogP contribution is -2.30. The molecule has 3 aliphatic rings. The molecule has 1 saturated heterocycles. The second kappa shape index (κ2) is 8.46. The van der Waals surface area contributed by atoms with E-state index in [1.807, 2.05) is 30.3 Å². The zero-order valence-corrected chi connectivity index (χ0v) is 20.1. The summed E-state index contributed by atoms with van der Waals surface area (Å²) in [5.74, 6) is 1.11. The van der Waals surface area contributed by atoms with Gasteiger partial charge in [-0.15, -0.1) is 0 Å². The molecule has 3 atom stereocenters. The van der Waals surface area contributed by atoms with Crippen LogP contribution >= 0.6 is 0 Å². The third-order valence-corrected chi connectivity index (χ3v) is 7.41. The van der Waals surface area contributed by atoms with E-state index in [0.717, 1.165) is 49.1 Å². The molecule has 3 aliphatic heterocycles. The fourth-order valence-corrected chi connectivity index (χ4v) is 5.54. The van der Waals surface area contributed by atoms with Gasteiger partial charge in [0, 0.05) is 25.2 Å². The van der Waals surface area contributed by atoms with Gasteiger partial charge in [0.15, 0.2) is 0 Å². The highest BCUT2D eigenvalue weighted by Crippen LogP contribution is 2.38. The number of para-hydroxylation sites is 1. The number of hydrogen-bond acceptors (Lipinski definition) is 7. The molecule has 4 aromatic rings. The zero-order valence-electron chi connectivity index (χ0n) is 20.1. The number of ether oxygens (including phenoxy) is 3. The molecule has 0 saturated carbocycles. The van der Waals surface area contributed by atoms with Crippen molar-refractivity contribution >= 4 is 21.9 Å². The van der Waals surface area contributed by atoms with Crippen LogP contribution in [0.5, 0.6) is 11.6 Å². The van der Waals surface area contributed by atoms with E-state index in [-0.39, 0.29) is 17.8 Å². The topological polar surface area (TPSA) is 94.5 Å². The van der Waals surface area contributed by atoms with Gasteiger partial charge in [0.2, 0.25) is 5.88 Å². The molecule has 9 heteroatoms. The Kier molecular flexibility index (Phi) is 5.07. The van der Waals surface area contributed by atoms with E-state index in [9.17, 15) is 4.79 Å². The van der Waals surface area contributed by atoms with Crippen molar-refractivity contribution < 1.29 is 14.2 Å². The van der Waals surface area contributed by atoms with Crippen LogP contribution in [0.25, 0.3) is 33.2 Å². The van der Waals surface area contributed by atoms with Crippen LogP contribution in [0.1, 0.15) is 24.5 Å². The van der Waals surface area contributed by atoms with Crippen LogP contribution in [0.3, 0.4) is 0 Å². The summed E-state index contributed by atoms with van der Waals surface area (Å²) in [5, 5.41) is 3.96. The van der Waals surface area contributed by atoms with Gasteiger partial charge in [0.1, 0.15) is 23.1 Å². The van der Waals surface area contributed by atoms with Gasteiger partial charge in [-0.1, -0.05) is 24.3 Å². The van der Waals surface area contributed by atoms with Crippen molar-refractivity contribution in [2.24, 2.45) is 0 Å². The van der Waals surface area contributed by atoms with Gasteiger partial charge in [-0.05, 0) is 36.6 Å². The van der Waals surface area contributed by atoms with Crippen molar-refractivity contribution in [2.45, 2.75) is 31.6 Å². The second-order valence-corrected chi connectivity index (χ2v) is 9.62. The minimum Gasteiger partial charge on any atom is -0.487 e. The third-order valence-electron chi connectivity index (χ3n) is 7.41. The highest BCUT2D eigenvalue weighted by Gasteiger charge is 2.28. The van der Waals surface area contributed by atoms with E-state index in [2.05, 4.69) is 22.1 Å². The zero-order chi connectivity index (χ0) is 24.2. The van der Waals surface area contributed by atoms with E-state index < -0.39 is 0 Å². The Bertz CT molecular complexity index is 1570. The Morgan fingerprint density at radius 2 is 2.08 bits per heavy atom. The van der Waals surface area contributed by atoms with Crippen molar-refractivity contribution in [3.05, 3.63) is 58.4 Å². The molecule has 9 nitrogen and oxygen atoms in total. The molecule has 2 aromatic carbocycles. The Labute approximate surface area is 207 Å². The van der Waals surface area contributed by atoms with Crippen LogP contribution < -0.4 is 15.0 Å². The van der Waals surface area contributed by atoms with Crippen LogP contribution in [-0.2, 0) is 11.3 Å². The van der Waals surface area contributed by atoms with Crippen molar-refractivity contribution in [1.29, 1.82) is 0 Å². The molecule has 0 amide bonds. The molecule has 6 bridgehead atoms. The largest absolute Gasteiger partial charge is 0.487 e. The highest BCUT2D eigenvalue weighted by molar-refractivity contribution is 5.95. The SMILES string of the molecule is COc1nc2cc(C3CC=CCO3)cc3c2nc1-c1cccc2c(=O)n([nH]c12)CCN1CC[C@@H](C1)O3. The quantitative estimate of drug-likeness (QED) is 0.435. The first-order valence-electron chi connectivity index (χ1n) is 12.4. The first-order valence-corrected chi connectivity index (χ1v) is 12.4. The molecule has 0 spiro atoms. The second-order valence-electron chi connectivity index (χ2n) is 9.62. The molecule has 7 rings (SSSR count). The van der Waals surface area contributed by atoms with Crippen molar-refractivity contribution in [2.75, 3.05) is 33.4 Å². The molecule has 0 aliphatic carbocycles. The summed E-state index contributed by atoms with van der Waals surface area (Å²) in [6.07, 6.45) is 5.88. The van der Waals surface area contributed by atoms with Crippen molar-refractivity contribution in [1.82, 2.24) is 24.6 Å². The van der Waals surface area contributed by atoms with Gasteiger partial charge in [0.05, 0.1) is 42.8 Å². The van der Waals surface area contributed by atoms with Gasteiger partial charge >= 0.3 is 0 Å². The molecule has 2 unspecified atom stereocenters. The van der Waals surface area contributed by atoms with Crippen LogP contribution in [0.4, 0.5) is 0 Å². The minimum atomic E-state index is -0.0570. The van der Waals surface area contributed by atoms with Gasteiger partial charge in [-0.3, -0.25) is 19.5 Å². The number of H-pyrrole nitrogens is 1. The van der Waals surface area contributed by atoms with Gasteiger partial charge in [0.25, 0.3) is 5.56 Å². The standard InChI is InChI=1S/C27H27N5O4/c1-34-26-24-18-5-4-6-19-23(18)30-32(27(19)33)11-10-31-9-8-17(15-31)36-22-14-16(21-7-2-3-12-35-21)13-20(28-26)25(22)29-24/h2-6,13-14,17,21,30H,7-12,15H2,1H3/t17-,21?/m0/s1. The molecule has 1 N–H and O–H groups in total. The molecule has 2 aromatic heterocycles. The lowest BCUT2D eigenvalue weighted by atomic mass is 10.0. The summed E-state index contributed by atoms with van der Waals surface area (Å²) in [5.41, 5.74) is 4.43. The van der Waals surface area contributed by atoms with Crippen LogP contribution in [0.15, 0.2) is 47.3 Å². The van der Waals surface area contributed by atoms with Crippen molar-refractivity contribution in [3.63, 3.8) is 0 Å². The van der Waals surface area contributed by atoms with Crippen LogP contribution in [0.2, 0.25) is 0 Å². The average molecular weight is 486 g/mol. The van der Waals surface area contributed by atoms with Gasteiger partial charge in [-0.25, -0.2) is 9.97 Å². The van der Waals surface area contributed by atoms with Crippen LogP contribution in [0, 0.1) is 0 Å². The lowest BCUT2D eigenvalue weighted by Gasteiger charge is -2.22. The number of methoxy groups -OCH3 is 1. The Hall–Kier alpha value is -3.69. The Balaban J connectivity index is 1.49. The van der Waals surface area contributed by atoms with Crippen LogP contribution in [-0.4, -0.2) is 64.1 Å². The van der Waals surface area contributed by atoms with E-state index in [0.29, 0.717) is 46.9 Å². The normalized spacial score (nSPS) is 23.3. The predicted molar refractivity (Wildman–Crippen MR) is 136 cm³/mol. The third kappa shape index (κ3) is 3.50. The number of fused-ring (bicyclic) bond motifs is 5. The molecular formula is C27H27N5O4. The average Bonchev–Trinajstić information content (AvgIpc) is 3.50. The van der Waals surface area contributed by atoms with Crippen molar-refractivity contribution in [3.8, 4) is 22.9 Å². The number of nitrogens with zero attached hydrogens (tertiary/aromatic N) is 4. The summed E-state index contributed by atoms with van der Waals surface area (Å²) in [6, 6.07) is 9.75. The number of benzene rings is 2. The van der Waals surface area contributed by atoms with E-state index >= 15 is 0 Å².